The summed E-state index contributed by atoms with van der Waals surface area (Å²) in [6, 6.07) is 4.69. The van der Waals surface area contributed by atoms with Crippen molar-refractivity contribution >= 4 is 17.2 Å². The van der Waals surface area contributed by atoms with Gasteiger partial charge in [0.1, 0.15) is 30.2 Å². The first-order chi connectivity index (χ1) is 20.1. The predicted molar refractivity (Wildman–Crippen MR) is 148 cm³/mol. The van der Waals surface area contributed by atoms with Gasteiger partial charge in [0.25, 0.3) is 5.91 Å². The molecule has 5 aromatic heterocycles. The van der Waals surface area contributed by atoms with E-state index in [1.54, 1.807) is 6.20 Å². The van der Waals surface area contributed by atoms with Gasteiger partial charge in [-0.25, -0.2) is 9.50 Å². The first kappa shape index (κ1) is 23.0. The SMILES string of the molecule is Nc1c(C2CC2)c(C2CC3CCC(C2)N3C(=O)c2ncn[nH]2)cc2c(-c3cnc4c(c3)OCc3cn[nH]c3-4)cnn12. The number of aromatic nitrogens is 8. The molecule has 5 aromatic rings. The van der Waals surface area contributed by atoms with Crippen LogP contribution in [-0.2, 0) is 6.61 Å². The van der Waals surface area contributed by atoms with Crippen molar-refractivity contribution in [1.29, 1.82) is 0 Å². The minimum atomic E-state index is -0.0479. The first-order valence-electron chi connectivity index (χ1n) is 14.3. The molecule has 2 unspecified atom stereocenters. The maximum absolute atomic E-state index is 13.2. The number of hydrogen-bond acceptors (Lipinski definition) is 8. The lowest BCUT2D eigenvalue weighted by atomic mass is 9.81. The number of fused-ring (bicyclic) bond motifs is 6. The van der Waals surface area contributed by atoms with E-state index in [1.165, 1.54) is 17.5 Å². The molecule has 2 atom stereocenters. The Bertz CT molecular complexity index is 1820. The van der Waals surface area contributed by atoms with Gasteiger partial charge in [0.2, 0.25) is 5.82 Å². The van der Waals surface area contributed by atoms with Crippen molar-refractivity contribution in [3.8, 4) is 28.3 Å². The molecule has 12 nitrogen and oxygen atoms in total. The van der Waals surface area contributed by atoms with Gasteiger partial charge in [0.15, 0.2) is 0 Å². The second-order valence-corrected chi connectivity index (χ2v) is 11.8. The van der Waals surface area contributed by atoms with Crippen LogP contribution in [0, 0.1) is 0 Å². The quantitative estimate of drug-likeness (QED) is 0.306. The maximum atomic E-state index is 13.2. The number of aromatic amines is 2. The number of H-pyrrole nitrogens is 2. The van der Waals surface area contributed by atoms with Crippen LogP contribution >= 0.6 is 0 Å². The molecule has 206 valence electrons. The number of nitrogens with two attached hydrogens (primary N) is 1. The molecule has 3 fully saturated rings. The number of rotatable bonds is 4. The van der Waals surface area contributed by atoms with E-state index in [9.17, 15) is 4.79 Å². The molecule has 8 heterocycles. The zero-order valence-corrected chi connectivity index (χ0v) is 22.2. The minimum Gasteiger partial charge on any atom is -0.486 e. The van der Waals surface area contributed by atoms with Gasteiger partial charge in [-0.05, 0) is 68.1 Å². The Kier molecular flexibility index (Phi) is 4.71. The van der Waals surface area contributed by atoms with Crippen LogP contribution in [-0.4, -0.2) is 62.9 Å². The normalized spacial score (nSPS) is 22.9. The van der Waals surface area contributed by atoms with Crippen molar-refractivity contribution in [1.82, 2.24) is 44.9 Å². The molecular formula is C29H28N10O2. The molecule has 9 rings (SSSR count). The third-order valence-corrected chi connectivity index (χ3v) is 9.43. The van der Waals surface area contributed by atoms with Crippen LogP contribution in [0.2, 0.25) is 0 Å². The molecule has 2 saturated heterocycles. The van der Waals surface area contributed by atoms with Gasteiger partial charge in [-0.1, -0.05) is 0 Å². The summed E-state index contributed by atoms with van der Waals surface area (Å²) < 4.78 is 7.92. The summed E-state index contributed by atoms with van der Waals surface area (Å²) in [6.45, 7) is 0.459. The standard InChI is InChI=1S/C29H28N10O2/c30-27-24(14-1-2-14)20(15-5-18-3-4-19(6-15)38(18)29(40)28-32-13-34-37-28)8-22-21(11-35-39(22)27)16-7-23-26(31-9-16)25-17(12-41-23)10-33-36-25/h7-11,13-15,18-19H,1-6,12,30H2,(H,33,36)(H,32,34,37). The largest absolute Gasteiger partial charge is 0.486 e. The van der Waals surface area contributed by atoms with Gasteiger partial charge >= 0.3 is 0 Å². The van der Waals surface area contributed by atoms with E-state index in [0.29, 0.717) is 24.3 Å². The van der Waals surface area contributed by atoms with E-state index < -0.39 is 0 Å². The molecule has 41 heavy (non-hydrogen) atoms. The van der Waals surface area contributed by atoms with Crippen LogP contribution in [0.4, 0.5) is 5.82 Å². The van der Waals surface area contributed by atoms with Crippen molar-refractivity contribution in [3.05, 3.63) is 59.6 Å². The monoisotopic (exact) mass is 548 g/mol. The maximum Gasteiger partial charge on any atom is 0.291 e. The highest BCUT2D eigenvalue weighted by Crippen LogP contribution is 2.51. The second kappa shape index (κ2) is 8.38. The summed E-state index contributed by atoms with van der Waals surface area (Å²) in [5.74, 6) is 2.51. The van der Waals surface area contributed by atoms with E-state index in [-0.39, 0.29) is 18.0 Å². The number of ether oxygens (including phenoxy) is 1. The number of nitrogens with zero attached hydrogens (tertiary/aromatic N) is 7. The molecule has 2 bridgehead atoms. The zero-order valence-electron chi connectivity index (χ0n) is 22.2. The third-order valence-electron chi connectivity index (χ3n) is 9.43. The summed E-state index contributed by atoms with van der Waals surface area (Å²) in [4.78, 5) is 24.2. The third kappa shape index (κ3) is 3.39. The van der Waals surface area contributed by atoms with Crippen LogP contribution in [0.15, 0.2) is 37.1 Å². The number of carbonyl (C=O) groups excluding carboxylic acids is 1. The van der Waals surface area contributed by atoms with Crippen molar-refractivity contribution < 1.29 is 9.53 Å². The zero-order chi connectivity index (χ0) is 27.2. The van der Waals surface area contributed by atoms with Crippen LogP contribution < -0.4 is 10.5 Å². The van der Waals surface area contributed by atoms with Crippen molar-refractivity contribution in [2.45, 2.75) is 69.1 Å². The van der Waals surface area contributed by atoms with Gasteiger partial charge in [0.05, 0.1) is 23.6 Å². The average Bonchev–Trinajstić information content (AvgIpc) is 3.36. The molecule has 1 saturated carbocycles. The number of nitrogen functional groups attached to an aromatic ring is 1. The summed E-state index contributed by atoms with van der Waals surface area (Å²) in [5, 5.41) is 18.6. The molecular weight excluding hydrogens is 520 g/mol. The van der Waals surface area contributed by atoms with Crippen LogP contribution in [0.1, 0.15) is 77.7 Å². The number of anilines is 1. The number of amides is 1. The van der Waals surface area contributed by atoms with Gasteiger partial charge in [-0.15, -0.1) is 0 Å². The molecule has 1 amide bonds. The topological polar surface area (TPSA) is 156 Å². The van der Waals surface area contributed by atoms with Gasteiger partial charge in [0, 0.05) is 40.5 Å². The Morgan fingerprint density at radius 1 is 0.976 bits per heavy atom. The molecule has 3 aliphatic heterocycles. The fraction of sp³-hybridized carbons (Fsp3) is 0.379. The Labute approximate surface area is 234 Å². The highest BCUT2D eigenvalue weighted by atomic mass is 16.5. The van der Waals surface area contributed by atoms with Gasteiger partial charge in [-0.3, -0.25) is 20.0 Å². The second-order valence-electron chi connectivity index (χ2n) is 11.8. The highest BCUT2D eigenvalue weighted by Gasteiger charge is 2.46. The van der Waals surface area contributed by atoms with Crippen LogP contribution in [0.25, 0.3) is 28.0 Å². The summed E-state index contributed by atoms with van der Waals surface area (Å²) in [7, 11) is 0. The Balaban J connectivity index is 1.11. The minimum absolute atomic E-state index is 0.0479. The van der Waals surface area contributed by atoms with Crippen LogP contribution in [0.3, 0.4) is 0 Å². The Morgan fingerprint density at radius 2 is 1.83 bits per heavy atom. The van der Waals surface area contributed by atoms with Crippen molar-refractivity contribution in [3.63, 3.8) is 0 Å². The lowest BCUT2D eigenvalue weighted by Gasteiger charge is -2.39. The van der Waals surface area contributed by atoms with E-state index in [4.69, 9.17) is 20.6 Å². The van der Waals surface area contributed by atoms with Crippen molar-refractivity contribution in [2.75, 3.05) is 5.73 Å². The highest BCUT2D eigenvalue weighted by molar-refractivity contribution is 5.91. The molecule has 0 spiro atoms. The fourth-order valence-corrected chi connectivity index (χ4v) is 7.42. The molecule has 0 aromatic carbocycles. The Hall–Kier alpha value is -4.74. The summed E-state index contributed by atoms with van der Waals surface area (Å²) in [6.07, 6.45) is 13.1. The summed E-state index contributed by atoms with van der Waals surface area (Å²) in [5.41, 5.74) is 15.0. The lowest BCUT2D eigenvalue weighted by molar-refractivity contribution is 0.0559. The smallest absolute Gasteiger partial charge is 0.291 e. The van der Waals surface area contributed by atoms with Crippen LogP contribution in [0.5, 0.6) is 5.75 Å². The predicted octanol–water partition coefficient (Wildman–Crippen LogP) is 3.81. The molecule has 12 heteroatoms. The van der Waals surface area contributed by atoms with E-state index in [2.05, 4.69) is 31.4 Å². The molecule has 4 N–H and O–H groups in total. The molecule has 4 aliphatic rings. The van der Waals surface area contributed by atoms with E-state index in [0.717, 1.165) is 83.7 Å². The number of pyridine rings is 2. The molecule has 0 radical (unpaired) electrons. The number of hydrogen-bond donors (Lipinski definition) is 3. The first-order valence-corrected chi connectivity index (χ1v) is 14.3. The van der Waals surface area contributed by atoms with E-state index >= 15 is 0 Å². The van der Waals surface area contributed by atoms with Gasteiger partial charge < -0.3 is 15.4 Å². The number of nitrogens with one attached hydrogen (secondary N) is 2. The molecule has 1 aliphatic carbocycles. The van der Waals surface area contributed by atoms with E-state index in [1.807, 2.05) is 27.9 Å². The summed E-state index contributed by atoms with van der Waals surface area (Å²) >= 11 is 0. The van der Waals surface area contributed by atoms with Gasteiger partial charge in [-0.2, -0.15) is 15.3 Å². The van der Waals surface area contributed by atoms with Crippen molar-refractivity contribution in [2.24, 2.45) is 0 Å². The number of carbonyl (C=O) groups is 1. The number of piperidine rings is 1. The Morgan fingerprint density at radius 3 is 2.61 bits per heavy atom. The fourth-order valence-electron chi connectivity index (χ4n) is 7.42. The average molecular weight is 549 g/mol. The lowest BCUT2D eigenvalue weighted by Crippen LogP contribution is -2.46.